The third kappa shape index (κ3) is 3.26. The van der Waals surface area contributed by atoms with Crippen molar-refractivity contribution in [3.05, 3.63) is 52.4 Å². The van der Waals surface area contributed by atoms with Gasteiger partial charge in [0.1, 0.15) is 11.4 Å². The Balaban J connectivity index is 2.08. The summed E-state index contributed by atoms with van der Waals surface area (Å²) < 4.78 is 44.7. The molecule has 0 bridgehead atoms. The Kier molecular flexibility index (Phi) is 3.93. The van der Waals surface area contributed by atoms with E-state index in [9.17, 15) is 13.2 Å². The maximum Gasteiger partial charge on any atom is 0.433 e. The minimum atomic E-state index is -4.49. The Bertz CT molecular complexity index is 866. The molecule has 3 aromatic rings. The highest BCUT2D eigenvalue weighted by atomic mass is 79.9. The van der Waals surface area contributed by atoms with E-state index in [2.05, 4.69) is 30.9 Å². The molecule has 118 valence electrons. The van der Waals surface area contributed by atoms with Crippen LogP contribution in [-0.4, -0.2) is 15.0 Å². The summed E-state index contributed by atoms with van der Waals surface area (Å²) in [6, 6.07) is 5.66. The SMILES string of the molecule is Cc1ccc(Oc2ncc(Br)cn2)c2ccc(C(F)(F)F)nc12. The Hall–Kier alpha value is -2.22. The highest BCUT2D eigenvalue weighted by Gasteiger charge is 2.32. The van der Waals surface area contributed by atoms with E-state index >= 15 is 0 Å². The Labute approximate surface area is 137 Å². The van der Waals surface area contributed by atoms with Gasteiger partial charge in [-0.3, -0.25) is 0 Å². The number of benzene rings is 1. The predicted octanol–water partition coefficient (Wildman–Crippen LogP) is 4.91. The van der Waals surface area contributed by atoms with Crippen molar-refractivity contribution in [1.29, 1.82) is 0 Å². The van der Waals surface area contributed by atoms with Crippen LogP contribution in [0.25, 0.3) is 10.9 Å². The van der Waals surface area contributed by atoms with Gasteiger partial charge in [-0.05, 0) is 46.6 Å². The molecule has 3 rings (SSSR count). The molecule has 0 fully saturated rings. The van der Waals surface area contributed by atoms with Gasteiger partial charge in [-0.2, -0.15) is 13.2 Å². The third-order valence-corrected chi connectivity index (χ3v) is 3.52. The van der Waals surface area contributed by atoms with E-state index in [0.717, 1.165) is 6.07 Å². The van der Waals surface area contributed by atoms with Crippen LogP contribution in [0.15, 0.2) is 41.1 Å². The molecule has 4 nitrogen and oxygen atoms in total. The van der Waals surface area contributed by atoms with Crippen molar-refractivity contribution in [2.75, 3.05) is 0 Å². The summed E-state index contributed by atoms with van der Waals surface area (Å²) in [4.78, 5) is 11.7. The van der Waals surface area contributed by atoms with Crippen LogP contribution in [0.4, 0.5) is 13.2 Å². The summed E-state index contributed by atoms with van der Waals surface area (Å²) in [5.74, 6) is 0.342. The number of ether oxygens (including phenoxy) is 1. The lowest BCUT2D eigenvalue weighted by molar-refractivity contribution is -0.140. The third-order valence-electron chi connectivity index (χ3n) is 3.11. The maximum absolute atomic E-state index is 12.8. The highest BCUT2D eigenvalue weighted by Crippen LogP contribution is 2.34. The lowest BCUT2D eigenvalue weighted by Crippen LogP contribution is -2.08. The number of alkyl halides is 3. The molecule has 0 aliphatic carbocycles. The van der Waals surface area contributed by atoms with Gasteiger partial charge < -0.3 is 4.74 Å². The number of fused-ring (bicyclic) bond motifs is 1. The van der Waals surface area contributed by atoms with Crippen molar-refractivity contribution < 1.29 is 17.9 Å². The van der Waals surface area contributed by atoms with Crippen molar-refractivity contribution in [2.45, 2.75) is 13.1 Å². The van der Waals surface area contributed by atoms with Crippen LogP contribution >= 0.6 is 15.9 Å². The lowest BCUT2D eigenvalue weighted by atomic mass is 10.1. The van der Waals surface area contributed by atoms with E-state index in [-0.39, 0.29) is 11.5 Å². The van der Waals surface area contributed by atoms with Gasteiger partial charge in [-0.1, -0.05) is 6.07 Å². The van der Waals surface area contributed by atoms with Gasteiger partial charge in [0, 0.05) is 17.8 Å². The second-order valence-corrected chi connectivity index (χ2v) is 5.67. The van der Waals surface area contributed by atoms with Crippen molar-refractivity contribution in [3.63, 3.8) is 0 Å². The van der Waals surface area contributed by atoms with E-state index in [1.54, 1.807) is 19.1 Å². The second kappa shape index (κ2) is 5.77. The molecule has 0 amide bonds. The Morgan fingerprint density at radius 1 is 1.04 bits per heavy atom. The van der Waals surface area contributed by atoms with Gasteiger partial charge in [-0.15, -0.1) is 0 Å². The van der Waals surface area contributed by atoms with Crippen molar-refractivity contribution >= 4 is 26.8 Å². The van der Waals surface area contributed by atoms with E-state index < -0.39 is 11.9 Å². The summed E-state index contributed by atoms with van der Waals surface area (Å²) in [5.41, 5.74) is -0.0882. The molecule has 2 aromatic heterocycles. The van der Waals surface area contributed by atoms with Crippen molar-refractivity contribution in [3.8, 4) is 11.8 Å². The number of hydrogen-bond donors (Lipinski definition) is 0. The zero-order valence-corrected chi connectivity index (χ0v) is 13.3. The quantitative estimate of drug-likeness (QED) is 0.630. The molecule has 8 heteroatoms. The summed E-state index contributed by atoms with van der Waals surface area (Å²) in [6.45, 7) is 1.69. The fraction of sp³-hybridized carbons (Fsp3) is 0.133. The molecule has 0 saturated heterocycles. The van der Waals surface area contributed by atoms with Crippen molar-refractivity contribution in [2.24, 2.45) is 0 Å². The van der Waals surface area contributed by atoms with Crippen LogP contribution in [0.1, 0.15) is 11.3 Å². The van der Waals surface area contributed by atoms with E-state index in [1.807, 2.05) is 0 Å². The summed E-state index contributed by atoms with van der Waals surface area (Å²) in [6.07, 6.45) is -1.47. The normalized spacial score (nSPS) is 11.7. The average Bonchev–Trinajstić information content (AvgIpc) is 2.51. The molecule has 0 aliphatic heterocycles. The molecule has 23 heavy (non-hydrogen) atoms. The molecule has 0 atom stereocenters. The fourth-order valence-electron chi connectivity index (χ4n) is 2.03. The van der Waals surface area contributed by atoms with Crippen LogP contribution in [0.5, 0.6) is 11.8 Å². The van der Waals surface area contributed by atoms with Crippen molar-refractivity contribution in [1.82, 2.24) is 15.0 Å². The zero-order valence-electron chi connectivity index (χ0n) is 11.7. The Morgan fingerprint density at radius 2 is 1.74 bits per heavy atom. The first-order valence-corrected chi connectivity index (χ1v) is 7.27. The lowest BCUT2D eigenvalue weighted by Gasteiger charge is -2.11. The first-order valence-electron chi connectivity index (χ1n) is 6.47. The number of halogens is 4. The number of aromatic nitrogens is 3. The van der Waals surface area contributed by atoms with Gasteiger partial charge in [0.2, 0.25) is 0 Å². The molecule has 0 unspecified atom stereocenters. The molecule has 0 aliphatic rings. The number of hydrogen-bond acceptors (Lipinski definition) is 4. The first kappa shape index (κ1) is 15.7. The molecule has 0 radical (unpaired) electrons. The average molecular weight is 384 g/mol. The standard InChI is InChI=1S/C15H9BrF3N3O/c1-8-2-4-11(23-14-20-6-9(16)7-21-14)10-3-5-12(15(17,18)19)22-13(8)10/h2-7H,1H3. The largest absolute Gasteiger partial charge is 0.433 e. The van der Waals surface area contributed by atoms with E-state index in [4.69, 9.17) is 4.74 Å². The van der Waals surface area contributed by atoms with Gasteiger partial charge in [-0.25, -0.2) is 15.0 Å². The minimum Gasteiger partial charge on any atom is -0.424 e. The summed E-state index contributed by atoms with van der Waals surface area (Å²) >= 11 is 3.21. The van der Waals surface area contributed by atoms with Gasteiger partial charge in [0.15, 0.2) is 0 Å². The smallest absolute Gasteiger partial charge is 0.424 e. The van der Waals surface area contributed by atoms with Crippen LogP contribution in [0.3, 0.4) is 0 Å². The highest BCUT2D eigenvalue weighted by molar-refractivity contribution is 9.10. The molecular weight excluding hydrogens is 375 g/mol. The topological polar surface area (TPSA) is 47.9 Å². The van der Waals surface area contributed by atoms with Crippen LogP contribution < -0.4 is 4.74 Å². The fourth-order valence-corrected chi connectivity index (χ4v) is 2.23. The Morgan fingerprint density at radius 3 is 2.39 bits per heavy atom. The first-order chi connectivity index (χ1) is 10.8. The van der Waals surface area contributed by atoms with Crippen LogP contribution in [0.2, 0.25) is 0 Å². The van der Waals surface area contributed by atoms with Crippen LogP contribution in [0, 0.1) is 6.92 Å². The zero-order chi connectivity index (χ0) is 16.6. The molecule has 2 heterocycles. The number of aryl methyl sites for hydroxylation is 1. The monoisotopic (exact) mass is 383 g/mol. The number of nitrogens with zero attached hydrogens (tertiary/aromatic N) is 3. The van der Waals surface area contributed by atoms with Gasteiger partial charge >= 0.3 is 12.2 Å². The maximum atomic E-state index is 12.8. The molecule has 0 spiro atoms. The summed E-state index contributed by atoms with van der Waals surface area (Å²) in [5, 5.41) is 0.463. The van der Waals surface area contributed by atoms with Gasteiger partial charge in [0.05, 0.1) is 9.99 Å². The van der Waals surface area contributed by atoms with Gasteiger partial charge in [0.25, 0.3) is 0 Å². The number of rotatable bonds is 2. The number of pyridine rings is 1. The second-order valence-electron chi connectivity index (χ2n) is 4.76. The molecule has 0 N–H and O–H groups in total. The molecule has 1 aromatic carbocycles. The van der Waals surface area contributed by atoms with E-state index in [1.165, 1.54) is 18.5 Å². The molecular formula is C15H9BrF3N3O. The summed E-state index contributed by atoms with van der Waals surface area (Å²) in [7, 11) is 0. The minimum absolute atomic E-state index is 0.0956. The van der Waals surface area contributed by atoms with Crippen LogP contribution in [-0.2, 0) is 6.18 Å². The predicted molar refractivity (Wildman–Crippen MR) is 81.3 cm³/mol. The molecule has 0 saturated carbocycles. The van der Waals surface area contributed by atoms with E-state index in [0.29, 0.717) is 21.2 Å².